The largest absolute Gasteiger partial charge is 0.480 e. The van der Waals surface area contributed by atoms with Gasteiger partial charge in [0.25, 0.3) is 0 Å². The van der Waals surface area contributed by atoms with Crippen LogP contribution in [0.15, 0.2) is 30.5 Å². The predicted molar refractivity (Wildman–Crippen MR) is 114 cm³/mol. The van der Waals surface area contributed by atoms with Gasteiger partial charge in [0.2, 0.25) is 17.7 Å². The summed E-state index contributed by atoms with van der Waals surface area (Å²) in [4.78, 5) is 50.2. The van der Waals surface area contributed by atoms with E-state index in [1.165, 1.54) is 0 Å². The number of carbonyl (C=O) groups is 4. The topological polar surface area (TPSA) is 180 Å². The number of H-pyrrole nitrogens is 1. The number of primary amides is 1. The van der Waals surface area contributed by atoms with Crippen LogP contribution in [-0.4, -0.2) is 57.7 Å². The highest BCUT2D eigenvalue weighted by atomic mass is 32.1. The highest BCUT2D eigenvalue weighted by Crippen LogP contribution is 2.19. The standard InChI is InChI=1S/C19H25N5O5S/c20-12(5-6-16(21)25)17(26)24-15(9-30)18(27)23-14(19(28)29)7-10-8-22-13-4-2-1-3-11(10)13/h1-4,8,12,14-15,22,30H,5-7,9,20H2,(H2,21,25)(H,23,27)(H,24,26)(H,28,29)/t12-,14-,15-/m0/s1. The third-order valence-corrected chi connectivity index (χ3v) is 4.93. The molecular formula is C19H25N5O5S. The number of aromatic amines is 1. The van der Waals surface area contributed by atoms with E-state index in [2.05, 4.69) is 28.2 Å². The number of carbonyl (C=O) groups excluding carboxylic acids is 3. The lowest BCUT2D eigenvalue weighted by Crippen LogP contribution is -2.55. The van der Waals surface area contributed by atoms with Crippen LogP contribution < -0.4 is 22.1 Å². The van der Waals surface area contributed by atoms with Crippen LogP contribution >= 0.6 is 12.6 Å². The third-order valence-electron chi connectivity index (χ3n) is 4.57. The van der Waals surface area contributed by atoms with Crippen molar-refractivity contribution in [3.05, 3.63) is 36.0 Å². The Bertz CT molecular complexity index is 931. The minimum absolute atomic E-state index is 0.0282. The van der Waals surface area contributed by atoms with E-state index in [0.29, 0.717) is 0 Å². The van der Waals surface area contributed by atoms with E-state index in [-0.39, 0.29) is 25.0 Å². The molecule has 11 heteroatoms. The molecule has 0 aliphatic carbocycles. The number of para-hydroxylation sites is 1. The van der Waals surface area contributed by atoms with Gasteiger partial charge in [0.15, 0.2) is 0 Å². The number of benzene rings is 1. The molecule has 8 N–H and O–H groups in total. The van der Waals surface area contributed by atoms with E-state index in [1.54, 1.807) is 6.20 Å². The van der Waals surface area contributed by atoms with Crippen molar-refractivity contribution in [1.82, 2.24) is 15.6 Å². The molecule has 0 saturated heterocycles. The summed E-state index contributed by atoms with van der Waals surface area (Å²) >= 11 is 4.05. The Morgan fingerprint density at radius 3 is 2.40 bits per heavy atom. The second kappa shape index (κ2) is 10.6. The lowest BCUT2D eigenvalue weighted by atomic mass is 10.0. The van der Waals surface area contributed by atoms with Gasteiger partial charge in [0, 0.05) is 35.7 Å². The van der Waals surface area contributed by atoms with Gasteiger partial charge >= 0.3 is 5.97 Å². The molecule has 0 unspecified atom stereocenters. The SMILES string of the molecule is NC(=O)CC[C@H](N)C(=O)N[C@@H](CS)C(=O)N[C@@H](Cc1c[nH]c2ccccc12)C(=O)O. The lowest BCUT2D eigenvalue weighted by Gasteiger charge is -2.21. The summed E-state index contributed by atoms with van der Waals surface area (Å²) in [6, 6.07) is 4.07. The summed E-state index contributed by atoms with van der Waals surface area (Å²) in [6.07, 6.45) is 1.71. The number of rotatable bonds is 11. The molecule has 1 heterocycles. The van der Waals surface area contributed by atoms with Crippen LogP contribution in [0.25, 0.3) is 10.9 Å². The molecular weight excluding hydrogens is 410 g/mol. The number of nitrogens with one attached hydrogen (secondary N) is 3. The van der Waals surface area contributed by atoms with Gasteiger partial charge in [-0.15, -0.1) is 0 Å². The summed E-state index contributed by atoms with van der Waals surface area (Å²) in [5, 5.41) is 15.3. The quantitative estimate of drug-likeness (QED) is 0.229. The zero-order valence-corrected chi connectivity index (χ0v) is 17.0. The van der Waals surface area contributed by atoms with Gasteiger partial charge in [-0.3, -0.25) is 14.4 Å². The van der Waals surface area contributed by atoms with Crippen molar-refractivity contribution < 1.29 is 24.3 Å². The molecule has 30 heavy (non-hydrogen) atoms. The Kier molecular flexibility index (Phi) is 8.25. The van der Waals surface area contributed by atoms with E-state index in [0.717, 1.165) is 16.5 Å². The fourth-order valence-electron chi connectivity index (χ4n) is 2.89. The van der Waals surface area contributed by atoms with Crippen LogP contribution in [-0.2, 0) is 25.6 Å². The number of carboxylic acids is 1. The number of aromatic nitrogens is 1. The molecule has 0 fully saturated rings. The minimum Gasteiger partial charge on any atom is -0.480 e. The van der Waals surface area contributed by atoms with Gasteiger partial charge < -0.3 is 32.2 Å². The smallest absolute Gasteiger partial charge is 0.326 e. The Morgan fingerprint density at radius 2 is 1.77 bits per heavy atom. The Morgan fingerprint density at radius 1 is 1.10 bits per heavy atom. The second-order valence-corrected chi connectivity index (χ2v) is 7.18. The molecule has 0 aliphatic rings. The average molecular weight is 436 g/mol. The summed E-state index contributed by atoms with van der Waals surface area (Å²) in [7, 11) is 0. The van der Waals surface area contributed by atoms with Gasteiger partial charge in [-0.25, -0.2) is 4.79 Å². The number of thiol groups is 1. The summed E-state index contributed by atoms with van der Waals surface area (Å²) < 4.78 is 0. The average Bonchev–Trinajstić information content (AvgIpc) is 3.12. The van der Waals surface area contributed by atoms with E-state index in [9.17, 15) is 24.3 Å². The number of hydrogen-bond acceptors (Lipinski definition) is 6. The highest BCUT2D eigenvalue weighted by Gasteiger charge is 2.28. The Balaban J connectivity index is 2.02. The van der Waals surface area contributed by atoms with Gasteiger partial charge in [-0.1, -0.05) is 18.2 Å². The van der Waals surface area contributed by atoms with Crippen molar-refractivity contribution in [2.24, 2.45) is 11.5 Å². The molecule has 0 aliphatic heterocycles. The fourth-order valence-corrected chi connectivity index (χ4v) is 3.15. The number of fused-ring (bicyclic) bond motifs is 1. The number of carboxylic acid groups (broad SMARTS) is 1. The van der Waals surface area contributed by atoms with Crippen LogP contribution in [0.5, 0.6) is 0 Å². The summed E-state index contributed by atoms with van der Waals surface area (Å²) in [5.41, 5.74) is 12.3. The van der Waals surface area contributed by atoms with Gasteiger partial charge in [-0.05, 0) is 18.1 Å². The van der Waals surface area contributed by atoms with Crippen LogP contribution in [0, 0.1) is 0 Å². The van der Waals surface area contributed by atoms with Crippen LogP contribution in [0.4, 0.5) is 0 Å². The van der Waals surface area contributed by atoms with Crippen molar-refractivity contribution in [3.8, 4) is 0 Å². The summed E-state index contributed by atoms with van der Waals surface area (Å²) in [5.74, 6) is -3.24. The maximum absolute atomic E-state index is 12.5. The van der Waals surface area contributed by atoms with E-state index < -0.39 is 41.8 Å². The third kappa shape index (κ3) is 6.22. The number of hydrogen-bond donors (Lipinski definition) is 7. The maximum Gasteiger partial charge on any atom is 0.326 e. The molecule has 0 radical (unpaired) electrons. The zero-order valence-electron chi connectivity index (χ0n) is 16.1. The van der Waals surface area contributed by atoms with E-state index in [1.807, 2.05) is 24.3 Å². The van der Waals surface area contributed by atoms with E-state index >= 15 is 0 Å². The Labute approximate surface area is 178 Å². The molecule has 162 valence electrons. The predicted octanol–water partition coefficient (Wildman–Crippen LogP) is -0.713. The molecule has 2 aromatic rings. The van der Waals surface area contributed by atoms with Gasteiger partial charge in [0.05, 0.1) is 6.04 Å². The van der Waals surface area contributed by atoms with Crippen molar-refractivity contribution in [3.63, 3.8) is 0 Å². The van der Waals surface area contributed by atoms with Crippen LogP contribution in [0.2, 0.25) is 0 Å². The fraction of sp³-hybridized carbons (Fsp3) is 0.368. The monoisotopic (exact) mass is 435 g/mol. The van der Waals surface area contributed by atoms with Crippen molar-refractivity contribution in [2.45, 2.75) is 37.4 Å². The lowest BCUT2D eigenvalue weighted by molar-refractivity contribution is -0.142. The first kappa shape index (κ1) is 23.2. The molecule has 0 bridgehead atoms. The van der Waals surface area contributed by atoms with Crippen molar-refractivity contribution in [1.29, 1.82) is 0 Å². The second-order valence-electron chi connectivity index (χ2n) is 6.82. The zero-order chi connectivity index (χ0) is 22.3. The maximum atomic E-state index is 12.5. The minimum atomic E-state index is -1.21. The molecule has 1 aromatic heterocycles. The number of amides is 3. The van der Waals surface area contributed by atoms with Gasteiger partial charge in [0.1, 0.15) is 12.1 Å². The van der Waals surface area contributed by atoms with Crippen molar-refractivity contribution in [2.75, 3.05) is 5.75 Å². The van der Waals surface area contributed by atoms with Crippen molar-refractivity contribution >= 4 is 47.2 Å². The normalized spacial score (nSPS) is 13.9. The summed E-state index contributed by atoms with van der Waals surface area (Å²) in [6.45, 7) is 0. The molecule has 3 atom stereocenters. The molecule has 10 nitrogen and oxygen atoms in total. The number of nitrogens with two attached hydrogens (primary N) is 2. The van der Waals surface area contributed by atoms with Gasteiger partial charge in [-0.2, -0.15) is 12.6 Å². The Hall–Kier alpha value is -3.05. The van der Waals surface area contributed by atoms with Crippen LogP contribution in [0.3, 0.4) is 0 Å². The first-order chi connectivity index (χ1) is 14.2. The number of aliphatic carboxylic acids is 1. The van der Waals surface area contributed by atoms with Crippen LogP contribution in [0.1, 0.15) is 18.4 Å². The molecule has 0 spiro atoms. The first-order valence-corrected chi connectivity index (χ1v) is 9.89. The first-order valence-electron chi connectivity index (χ1n) is 9.26. The highest BCUT2D eigenvalue weighted by molar-refractivity contribution is 7.80. The van der Waals surface area contributed by atoms with E-state index in [4.69, 9.17) is 11.5 Å². The molecule has 2 rings (SSSR count). The molecule has 1 aromatic carbocycles. The molecule has 0 saturated carbocycles. The molecule has 3 amide bonds.